The number of ether oxygens (including phenoxy) is 4. The molecular formula is C25H38O7Si. The molecule has 3 saturated carbocycles. The average Bonchev–Trinajstić information content (AvgIpc) is 2.74. The standard InChI is InChI=1S/C25H38O7Si/c1-33(2,3)10-9-29-16-31-14-19-18-11-21-23(25(28,24(18)27)12-22(26)32-21)20(19)15-30-13-17-7-5-4-6-8-17/h4-8,18-21,23-24,27-28H,9-16H2,1-3H3/t18-,19+,20-,21+,23-,24+,25-/m0/s1. The molecule has 1 saturated heterocycles. The molecule has 1 heterocycles. The maximum Gasteiger partial charge on any atom is 0.309 e. The Morgan fingerprint density at radius 2 is 1.82 bits per heavy atom. The lowest BCUT2D eigenvalue weighted by Crippen LogP contribution is -2.73. The Balaban J connectivity index is 1.40. The summed E-state index contributed by atoms with van der Waals surface area (Å²) in [5, 5.41) is 22.4. The summed E-state index contributed by atoms with van der Waals surface area (Å²) in [5.74, 6) is -1.11. The van der Waals surface area contributed by atoms with Crippen LogP contribution in [-0.2, 0) is 30.3 Å². The van der Waals surface area contributed by atoms with E-state index in [0.717, 1.165) is 11.6 Å². The van der Waals surface area contributed by atoms with Crippen molar-refractivity contribution in [1.29, 1.82) is 0 Å². The molecule has 7 atom stereocenters. The lowest BCUT2D eigenvalue weighted by molar-refractivity contribution is -0.296. The second-order valence-corrected chi connectivity index (χ2v) is 16.7. The van der Waals surface area contributed by atoms with E-state index in [1.165, 1.54) is 0 Å². The Hall–Kier alpha value is -1.29. The van der Waals surface area contributed by atoms with Crippen molar-refractivity contribution in [3.8, 4) is 0 Å². The van der Waals surface area contributed by atoms with Crippen LogP contribution in [0, 0.1) is 23.7 Å². The molecule has 4 aliphatic rings. The lowest BCUT2D eigenvalue weighted by Gasteiger charge is -2.63. The average molecular weight is 479 g/mol. The maximum atomic E-state index is 12.1. The molecule has 33 heavy (non-hydrogen) atoms. The molecule has 8 heteroatoms. The Kier molecular flexibility index (Phi) is 7.62. The largest absolute Gasteiger partial charge is 0.462 e. The molecular weight excluding hydrogens is 440 g/mol. The molecule has 1 aromatic carbocycles. The van der Waals surface area contributed by atoms with E-state index in [9.17, 15) is 15.0 Å². The van der Waals surface area contributed by atoms with E-state index in [1.807, 2.05) is 30.3 Å². The smallest absolute Gasteiger partial charge is 0.309 e. The monoisotopic (exact) mass is 478 g/mol. The molecule has 7 nitrogen and oxygen atoms in total. The third kappa shape index (κ3) is 5.52. The third-order valence-corrected chi connectivity index (χ3v) is 9.27. The van der Waals surface area contributed by atoms with Crippen LogP contribution in [0.4, 0.5) is 0 Å². The van der Waals surface area contributed by atoms with Crippen LogP contribution in [0.25, 0.3) is 0 Å². The van der Waals surface area contributed by atoms with E-state index in [-0.39, 0.29) is 43.0 Å². The fourth-order valence-electron chi connectivity index (χ4n) is 5.90. The summed E-state index contributed by atoms with van der Waals surface area (Å²) in [5.41, 5.74) is -0.388. The van der Waals surface area contributed by atoms with Crippen LogP contribution in [0.5, 0.6) is 0 Å². The number of esters is 1. The van der Waals surface area contributed by atoms with E-state index in [4.69, 9.17) is 18.9 Å². The van der Waals surface area contributed by atoms with Gasteiger partial charge in [-0.2, -0.15) is 0 Å². The van der Waals surface area contributed by atoms with Crippen molar-refractivity contribution < 1.29 is 34.0 Å². The van der Waals surface area contributed by atoms with Crippen molar-refractivity contribution in [3.05, 3.63) is 35.9 Å². The molecule has 1 aromatic rings. The van der Waals surface area contributed by atoms with E-state index < -0.39 is 25.7 Å². The Morgan fingerprint density at radius 1 is 1.09 bits per heavy atom. The number of fused-ring (bicyclic) bond motifs is 1. The minimum Gasteiger partial charge on any atom is -0.462 e. The maximum absolute atomic E-state index is 12.1. The molecule has 0 radical (unpaired) electrons. The molecule has 5 rings (SSSR count). The summed E-state index contributed by atoms with van der Waals surface area (Å²) in [6, 6.07) is 11.0. The van der Waals surface area contributed by atoms with Crippen LogP contribution in [0.1, 0.15) is 18.4 Å². The van der Waals surface area contributed by atoms with Gasteiger partial charge in [-0.25, -0.2) is 0 Å². The van der Waals surface area contributed by atoms with Gasteiger partial charge in [-0.15, -0.1) is 0 Å². The zero-order valence-corrected chi connectivity index (χ0v) is 20.9. The second kappa shape index (κ2) is 10.1. The van der Waals surface area contributed by atoms with Gasteiger partial charge in [-0.05, 0) is 35.8 Å². The van der Waals surface area contributed by atoms with E-state index in [0.29, 0.717) is 32.8 Å². The molecule has 4 bridgehead atoms. The van der Waals surface area contributed by atoms with Gasteiger partial charge in [0.1, 0.15) is 18.5 Å². The Morgan fingerprint density at radius 3 is 2.55 bits per heavy atom. The minimum absolute atomic E-state index is 0.00492. The molecule has 4 fully saturated rings. The highest BCUT2D eigenvalue weighted by Gasteiger charge is 2.68. The first-order chi connectivity index (χ1) is 15.7. The fourth-order valence-corrected chi connectivity index (χ4v) is 6.66. The molecule has 1 aliphatic heterocycles. The lowest BCUT2D eigenvalue weighted by atomic mass is 9.49. The van der Waals surface area contributed by atoms with Gasteiger partial charge in [0.25, 0.3) is 0 Å². The number of aliphatic hydroxyl groups excluding tert-OH is 1. The molecule has 3 aliphatic carbocycles. The number of hydrogen-bond donors (Lipinski definition) is 2. The van der Waals surface area contributed by atoms with Crippen molar-refractivity contribution in [2.24, 2.45) is 23.7 Å². The van der Waals surface area contributed by atoms with Crippen molar-refractivity contribution in [1.82, 2.24) is 0 Å². The first kappa shape index (κ1) is 24.8. The normalized spacial score (nSPS) is 35.5. The summed E-state index contributed by atoms with van der Waals surface area (Å²) in [7, 11) is -1.15. The van der Waals surface area contributed by atoms with Gasteiger partial charge < -0.3 is 29.2 Å². The molecule has 0 amide bonds. The van der Waals surface area contributed by atoms with Gasteiger partial charge in [-0.3, -0.25) is 4.79 Å². The highest BCUT2D eigenvalue weighted by molar-refractivity contribution is 6.76. The predicted octanol–water partition coefficient (Wildman–Crippen LogP) is 2.82. The zero-order chi connectivity index (χ0) is 23.6. The van der Waals surface area contributed by atoms with Crippen LogP contribution in [0.15, 0.2) is 30.3 Å². The minimum atomic E-state index is -1.46. The summed E-state index contributed by atoms with van der Waals surface area (Å²) in [4.78, 5) is 12.1. The number of rotatable bonds is 11. The predicted molar refractivity (Wildman–Crippen MR) is 125 cm³/mol. The van der Waals surface area contributed by atoms with Crippen LogP contribution in [0.3, 0.4) is 0 Å². The second-order valence-electron chi connectivity index (χ2n) is 11.1. The van der Waals surface area contributed by atoms with Crippen molar-refractivity contribution in [2.75, 3.05) is 26.6 Å². The van der Waals surface area contributed by atoms with Crippen LogP contribution in [0.2, 0.25) is 25.7 Å². The van der Waals surface area contributed by atoms with Crippen molar-refractivity contribution in [3.63, 3.8) is 0 Å². The van der Waals surface area contributed by atoms with Gasteiger partial charge in [0.05, 0.1) is 32.3 Å². The highest BCUT2D eigenvalue weighted by Crippen LogP contribution is 2.57. The van der Waals surface area contributed by atoms with E-state index in [1.54, 1.807) is 0 Å². The van der Waals surface area contributed by atoms with Gasteiger partial charge >= 0.3 is 5.97 Å². The van der Waals surface area contributed by atoms with E-state index >= 15 is 0 Å². The quantitative estimate of drug-likeness (QED) is 0.219. The fraction of sp³-hybridized carbons (Fsp3) is 0.720. The molecule has 184 valence electrons. The summed E-state index contributed by atoms with van der Waals surface area (Å²) >= 11 is 0. The molecule has 0 spiro atoms. The topological polar surface area (TPSA) is 94.5 Å². The Labute approximate surface area is 197 Å². The number of aliphatic hydroxyl groups is 2. The molecule has 2 N–H and O–H groups in total. The number of carbonyl (C=O) groups is 1. The van der Waals surface area contributed by atoms with Crippen LogP contribution >= 0.6 is 0 Å². The van der Waals surface area contributed by atoms with E-state index in [2.05, 4.69) is 19.6 Å². The number of carbonyl (C=O) groups excluding carboxylic acids is 1. The van der Waals surface area contributed by atoms with Crippen LogP contribution < -0.4 is 0 Å². The summed E-state index contributed by atoms with van der Waals surface area (Å²) in [6.07, 6.45) is -0.994. The number of hydrogen-bond acceptors (Lipinski definition) is 7. The summed E-state index contributed by atoms with van der Waals surface area (Å²) in [6.45, 7) is 9.13. The van der Waals surface area contributed by atoms with Gasteiger partial charge in [0.15, 0.2) is 0 Å². The Bertz CT molecular complexity index is 798. The highest BCUT2D eigenvalue weighted by atomic mass is 28.3. The van der Waals surface area contributed by atoms with Gasteiger partial charge in [0, 0.05) is 20.6 Å². The van der Waals surface area contributed by atoms with Crippen molar-refractivity contribution >= 4 is 14.0 Å². The van der Waals surface area contributed by atoms with Gasteiger partial charge in [-0.1, -0.05) is 50.0 Å². The molecule has 0 aromatic heterocycles. The molecule has 0 unspecified atom stereocenters. The van der Waals surface area contributed by atoms with Crippen molar-refractivity contribution in [2.45, 2.75) is 62.9 Å². The third-order valence-electron chi connectivity index (χ3n) is 7.57. The van der Waals surface area contributed by atoms with Crippen LogP contribution in [-0.4, -0.2) is 68.7 Å². The first-order valence-electron chi connectivity index (χ1n) is 12.1. The van der Waals surface area contributed by atoms with Gasteiger partial charge in [0.2, 0.25) is 0 Å². The summed E-state index contributed by atoms with van der Waals surface area (Å²) < 4.78 is 23.3. The SMILES string of the molecule is C[Si](C)(C)CCOCOC[C@H]1[C@H](COCc2ccccc2)[C@H]2[C@H]3C[C@@H]1[C@@H](O)[C@]2(O)CC(=O)O3. The zero-order valence-electron chi connectivity index (χ0n) is 19.9. The first-order valence-corrected chi connectivity index (χ1v) is 15.8. The number of benzene rings is 1.